The Labute approximate surface area is 81.6 Å². The van der Waals surface area contributed by atoms with Crippen LogP contribution in [-0.4, -0.2) is 5.24 Å². The van der Waals surface area contributed by atoms with E-state index in [4.69, 9.17) is 11.6 Å². The normalized spacial score (nSPS) is 8.55. The average molecular weight is 209 g/mol. The minimum atomic E-state index is -0.467. The molecule has 0 N–H and O–H groups in total. The molecule has 0 saturated carbocycles. The molecular formula is C7H6Cl2OS. The molecule has 0 bridgehead atoms. The number of halogens is 2. The average Bonchev–Trinajstić information content (AvgIpc) is 1.88. The van der Waals surface area contributed by atoms with Crippen molar-refractivity contribution in [3.05, 3.63) is 29.8 Å². The van der Waals surface area contributed by atoms with Gasteiger partial charge in [0.2, 0.25) is 0 Å². The predicted octanol–water partition coefficient (Wildman–Crippen LogP) is 2.78. The van der Waals surface area contributed by atoms with Gasteiger partial charge < -0.3 is 0 Å². The van der Waals surface area contributed by atoms with Crippen molar-refractivity contribution in [2.24, 2.45) is 0 Å². The molecule has 0 saturated heterocycles. The molecule has 0 fully saturated rings. The van der Waals surface area contributed by atoms with Gasteiger partial charge in [0.05, 0.1) is 0 Å². The Hall–Kier alpha value is -0.180. The molecule has 1 aromatic carbocycles. The van der Waals surface area contributed by atoms with Crippen LogP contribution >= 0.6 is 36.6 Å². The first-order valence-corrected chi connectivity index (χ1v) is 3.52. The van der Waals surface area contributed by atoms with Crippen LogP contribution < -0.4 is 0 Å². The molecule has 0 amide bonds. The molecule has 0 heterocycles. The molecule has 0 aliphatic rings. The third kappa shape index (κ3) is 2.73. The van der Waals surface area contributed by atoms with Crippen molar-refractivity contribution in [2.75, 3.05) is 0 Å². The Kier molecular flexibility index (Phi) is 4.57. The Bertz CT molecular complexity index is 262. The van der Waals surface area contributed by atoms with Crippen LogP contribution in [-0.2, 0) is 0 Å². The van der Waals surface area contributed by atoms with E-state index in [9.17, 15) is 4.79 Å². The van der Waals surface area contributed by atoms with Crippen LogP contribution in [0.2, 0.25) is 0 Å². The predicted molar refractivity (Wildman–Crippen MR) is 51.1 cm³/mol. The Balaban J connectivity index is 0.000001000. The fraction of sp³-hybridized carbons (Fsp3) is 0. The fourth-order valence-corrected chi connectivity index (χ4v) is 1.13. The van der Waals surface area contributed by atoms with Gasteiger partial charge in [-0.15, -0.1) is 25.0 Å². The van der Waals surface area contributed by atoms with Gasteiger partial charge in [-0.05, 0) is 23.7 Å². The second-order valence-corrected chi connectivity index (χ2v) is 2.62. The highest BCUT2D eigenvalue weighted by Gasteiger charge is 2.02. The summed E-state index contributed by atoms with van der Waals surface area (Å²) < 4.78 is 0. The number of carbonyl (C=O) groups excluding carboxylic acids is 1. The number of hydrogen-bond donors (Lipinski definition) is 1. The van der Waals surface area contributed by atoms with Crippen molar-refractivity contribution in [3.63, 3.8) is 0 Å². The summed E-state index contributed by atoms with van der Waals surface area (Å²) >= 11 is 9.25. The first-order valence-electron chi connectivity index (χ1n) is 2.69. The van der Waals surface area contributed by atoms with Crippen molar-refractivity contribution in [1.82, 2.24) is 0 Å². The molecule has 0 atom stereocenters. The summed E-state index contributed by atoms with van der Waals surface area (Å²) in [5, 5.41) is -0.467. The van der Waals surface area contributed by atoms with Gasteiger partial charge in [0.25, 0.3) is 5.24 Å². The maximum absolute atomic E-state index is 10.6. The topological polar surface area (TPSA) is 17.1 Å². The molecule has 0 aromatic heterocycles. The van der Waals surface area contributed by atoms with Crippen molar-refractivity contribution in [2.45, 2.75) is 4.90 Å². The molecule has 1 rings (SSSR count). The van der Waals surface area contributed by atoms with E-state index in [1.807, 2.05) is 0 Å². The van der Waals surface area contributed by atoms with Crippen LogP contribution in [0, 0.1) is 0 Å². The zero-order valence-corrected chi connectivity index (χ0v) is 7.92. The van der Waals surface area contributed by atoms with Crippen LogP contribution in [0.25, 0.3) is 0 Å². The Morgan fingerprint density at radius 1 is 1.36 bits per heavy atom. The smallest absolute Gasteiger partial charge is 0.253 e. The minimum absolute atomic E-state index is 0. The third-order valence-electron chi connectivity index (χ3n) is 1.12. The highest BCUT2D eigenvalue weighted by molar-refractivity contribution is 7.80. The van der Waals surface area contributed by atoms with Crippen molar-refractivity contribution in [1.29, 1.82) is 0 Å². The van der Waals surface area contributed by atoms with Crippen molar-refractivity contribution < 1.29 is 4.79 Å². The zero-order chi connectivity index (χ0) is 7.56. The summed E-state index contributed by atoms with van der Waals surface area (Å²) in [4.78, 5) is 11.2. The summed E-state index contributed by atoms with van der Waals surface area (Å²) in [5.41, 5.74) is 0.451. The molecule has 0 radical (unpaired) electrons. The van der Waals surface area contributed by atoms with E-state index in [1.165, 1.54) is 0 Å². The van der Waals surface area contributed by atoms with E-state index in [0.717, 1.165) is 0 Å². The maximum Gasteiger partial charge on any atom is 0.253 e. The van der Waals surface area contributed by atoms with Gasteiger partial charge in [-0.1, -0.05) is 12.1 Å². The van der Waals surface area contributed by atoms with Gasteiger partial charge in [0.1, 0.15) is 0 Å². The lowest BCUT2D eigenvalue weighted by atomic mass is 10.2. The van der Waals surface area contributed by atoms with E-state index < -0.39 is 5.24 Å². The van der Waals surface area contributed by atoms with Crippen LogP contribution in [0.1, 0.15) is 10.4 Å². The fourth-order valence-electron chi connectivity index (χ4n) is 0.640. The third-order valence-corrected chi connectivity index (χ3v) is 1.71. The number of benzene rings is 1. The van der Waals surface area contributed by atoms with Crippen molar-refractivity contribution in [3.8, 4) is 0 Å². The first-order chi connectivity index (χ1) is 4.72. The summed E-state index contributed by atoms with van der Waals surface area (Å²) in [6.07, 6.45) is 0. The van der Waals surface area contributed by atoms with E-state index >= 15 is 0 Å². The van der Waals surface area contributed by atoms with Gasteiger partial charge in [0.15, 0.2) is 0 Å². The second kappa shape index (κ2) is 4.65. The molecule has 0 spiro atoms. The molecule has 1 aromatic rings. The molecular weight excluding hydrogens is 203 g/mol. The Morgan fingerprint density at radius 3 is 2.27 bits per heavy atom. The number of rotatable bonds is 1. The minimum Gasteiger partial charge on any atom is -0.276 e. The van der Waals surface area contributed by atoms with Gasteiger partial charge in [-0.25, -0.2) is 0 Å². The van der Waals surface area contributed by atoms with Gasteiger partial charge >= 0.3 is 0 Å². The number of hydrogen-bond acceptors (Lipinski definition) is 2. The SMILES string of the molecule is Cl.O=C(Cl)c1ccccc1S. The van der Waals surface area contributed by atoms with Gasteiger partial charge in [-0.3, -0.25) is 4.79 Å². The molecule has 0 unspecified atom stereocenters. The molecule has 0 aliphatic heterocycles. The van der Waals surface area contributed by atoms with Crippen LogP contribution in [0.15, 0.2) is 29.2 Å². The second-order valence-electron chi connectivity index (χ2n) is 1.79. The van der Waals surface area contributed by atoms with Crippen LogP contribution in [0.4, 0.5) is 0 Å². The Morgan fingerprint density at radius 2 is 1.91 bits per heavy atom. The lowest BCUT2D eigenvalue weighted by molar-refractivity contribution is 0.107. The summed E-state index contributed by atoms with van der Waals surface area (Å²) in [6, 6.07) is 6.90. The first kappa shape index (κ1) is 10.8. The maximum atomic E-state index is 10.6. The van der Waals surface area contributed by atoms with Crippen LogP contribution in [0.5, 0.6) is 0 Å². The number of carbonyl (C=O) groups is 1. The summed E-state index contributed by atoms with van der Waals surface area (Å²) in [5.74, 6) is 0. The monoisotopic (exact) mass is 208 g/mol. The largest absolute Gasteiger partial charge is 0.276 e. The lowest BCUT2D eigenvalue weighted by Crippen LogP contribution is -1.88. The summed E-state index contributed by atoms with van der Waals surface area (Å²) in [7, 11) is 0. The van der Waals surface area contributed by atoms with Gasteiger partial charge in [0, 0.05) is 10.5 Å². The highest BCUT2D eigenvalue weighted by atomic mass is 35.5. The highest BCUT2D eigenvalue weighted by Crippen LogP contribution is 2.14. The molecule has 60 valence electrons. The lowest BCUT2D eigenvalue weighted by Gasteiger charge is -1.95. The molecule has 11 heavy (non-hydrogen) atoms. The molecule has 0 aliphatic carbocycles. The molecule has 4 heteroatoms. The quantitative estimate of drug-likeness (QED) is 0.555. The standard InChI is InChI=1S/C7H5ClOS.ClH/c8-7(9)5-3-1-2-4-6(5)10;/h1-4,10H;1H. The number of thiol groups is 1. The van der Waals surface area contributed by atoms with Gasteiger partial charge in [-0.2, -0.15) is 0 Å². The van der Waals surface area contributed by atoms with Crippen molar-refractivity contribution >= 4 is 41.9 Å². The van der Waals surface area contributed by atoms with E-state index in [0.29, 0.717) is 10.5 Å². The summed E-state index contributed by atoms with van der Waals surface area (Å²) in [6.45, 7) is 0. The molecule has 1 nitrogen and oxygen atoms in total. The van der Waals surface area contributed by atoms with E-state index in [1.54, 1.807) is 24.3 Å². The van der Waals surface area contributed by atoms with E-state index in [2.05, 4.69) is 12.6 Å². The van der Waals surface area contributed by atoms with Crippen LogP contribution in [0.3, 0.4) is 0 Å². The zero-order valence-electron chi connectivity index (χ0n) is 5.45. The van der Waals surface area contributed by atoms with E-state index in [-0.39, 0.29) is 12.4 Å².